The topological polar surface area (TPSA) is 46.9 Å². The van der Waals surface area contributed by atoms with Gasteiger partial charge in [-0.2, -0.15) is 18.3 Å². The van der Waals surface area contributed by atoms with Gasteiger partial charge in [0.15, 0.2) is 0 Å². The molecule has 0 aliphatic carbocycles. The summed E-state index contributed by atoms with van der Waals surface area (Å²) in [5.41, 5.74) is 1.86. The Morgan fingerprint density at radius 2 is 1.81 bits per heavy atom. The quantitative estimate of drug-likeness (QED) is 0.733. The molecule has 134 valence electrons. The molecule has 0 unspecified atom stereocenters. The minimum Gasteiger partial charge on any atom is -0.322 e. The Kier molecular flexibility index (Phi) is 4.54. The van der Waals surface area contributed by atoms with Crippen LogP contribution in [-0.4, -0.2) is 15.7 Å². The first kappa shape index (κ1) is 17.7. The smallest absolute Gasteiger partial charge is 0.322 e. The second kappa shape index (κ2) is 6.67. The molecule has 0 saturated heterocycles. The Bertz CT molecular complexity index is 961. The van der Waals surface area contributed by atoms with Crippen molar-refractivity contribution in [3.05, 3.63) is 77.1 Å². The van der Waals surface area contributed by atoms with E-state index in [1.807, 2.05) is 25.1 Å². The van der Waals surface area contributed by atoms with E-state index >= 15 is 0 Å². The Balaban J connectivity index is 1.90. The number of anilines is 1. The molecule has 1 heterocycles. The van der Waals surface area contributed by atoms with Gasteiger partial charge < -0.3 is 5.32 Å². The molecule has 26 heavy (non-hydrogen) atoms. The highest BCUT2D eigenvalue weighted by Gasteiger charge is 2.30. The number of halogens is 3. The van der Waals surface area contributed by atoms with Crippen LogP contribution in [0.1, 0.15) is 27.2 Å². The van der Waals surface area contributed by atoms with E-state index in [4.69, 9.17) is 0 Å². The normalized spacial score (nSPS) is 11.4. The number of hydrogen-bond acceptors (Lipinski definition) is 2. The van der Waals surface area contributed by atoms with Crippen LogP contribution in [0.5, 0.6) is 0 Å². The maximum atomic E-state index is 12.9. The van der Waals surface area contributed by atoms with Gasteiger partial charge in [-0.3, -0.25) is 4.79 Å². The minimum absolute atomic E-state index is 0.243. The number of aryl methyl sites for hydroxylation is 1. The van der Waals surface area contributed by atoms with Crippen molar-refractivity contribution in [2.75, 3.05) is 5.32 Å². The van der Waals surface area contributed by atoms with Gasteiger partial charge in [0.05, 0.1) is 28.7 Å². The number of hydrogen-bond donors (Lipinski definition) is 1. The van der Waals surface area contributed by atoms with E-state index in [1.54, 1.807) is 13.0 Å². The fourth-order valence-electron chi connectivity index (χ4n) is 2.63. The number of carbonyl (C=O) groups excluding carboxylic acids is 1. The van der Waals surface area contributed by atoms with E-state index in [0.29, 0.717) is 16.9 Å². The maximum Gasteiger partial charge on any atom is 0.416 e. The second-order valence-electron chi connectivity index (χ2n) is 5.93. The van der Waals surface area contributed by atoms with E-state index in [0.717, 1.165) is 17.7 Å². The van der Waals surface area contributed by atoms with Crippen LogP contribution in [0.2, 0.25) is 0 Å². The molecule has 4 nitrogen and oxygen atoms in total. The molecule has 0 aliphatic rings. The van der Waals surface area contributed by atoms with Crippen LogP contribution in [0.3, 0.4) is 0 Å². The van der Waals surface area contributed by atoms with Crippen LogP contribution >= 0.6 is 0 Å². The van der Waals surface area contributed by atoms with E-state index in [1.165, 1.54) is 23.0 Å². The summed E-state index contributed by atoms with van der Waals surface area (Å²) < 4.78 is 40.0. The fraction of sp³-hybridized carbons (Fsp3) is 0.158. The predicted octanol–water partition coefficient (Wildman–Crippen LogP) is 4.76. The van der Waals surface area contributed by atoms with Crippen molar-refractivity contribution < 1.29 is 18.0 Å². The zero-order valence-electron chi connectivity index (χ0n) is 14.1. The van der Waals surface area contributed by atoms with Crippen LogP contribution in [0.4, 0.5) is 18.9 Å². The highest BCUT2D eigenvalue weighted by molar-refractivity contribution is 6.05. The van der Waals surface area contributed by atoms with Gasteiger partial charge in [0.1, 0.15) is 0 Å². The van der Waals surface area contributed by atoms with Crippen molar-refractivity contribution >= 4 is 11.6 Å². The van der Waals surface area contributed by atoms with E-state index < -0.39 is 11.7 Å². The molecule has 2 aromatic carbocycles. The molecule has 1 N–H and O–H groups in total. The molecule has 0 atom stereocenters. The lowest BCUT2D eigenvalue weighted by Crippen LogP contribution is -2.13. The molecular formula is C19H16F3N3O. The lowest BCUT2D eigenvalue weighted by Gasteiger charge is -2.10. The lowest BCUT2D eigenvalue weighted by molar-refractivity contribution is -0.137. The van der Waals surface area contributed by atoms with Crippen molar-refractivity contribution in [1.82, 2.24) is 9.78 Å². The summed E-state index contributed by atoms with van der Waals surface area (Å²) in [7, 11) is 0. The number of alkyl halides is 3. The number of nitrogens with zero attached hydrogens (tertiary/aromatic N) is 2. The summed E-state index contributed by atoms with van der Waals surface area (Å²) in [6.07, 6.45) is -3.09. The standard InChI is InChI=1S/C19H16F3N3O/c1-12-5-3-7-15(9-12)24-18(26)17-11-23-25(13(17)2)16-8-4-6-14(10-16)19(20,21)22/h3-11H,1-2H3,(H,24,26). The molecule has 0 bridgehead atoms. The molecule has 0 saturated carbocycles. The monoisotopic (exact) mass is 359 g/mol. The Morgan fingerprint density at radius 3 is 2.50 bits per heavy atom. The molecular weight excluding hydrogens is 343 g/mol. The Morgan fingerprint density at radius 1 is 1.08 bits per heavy atom. The minimum atomic E-state index is -4.44. The molecule has 1 aromatic heterocycles. The molecule has 0 aliphatic heterocycles. The molecule has 3 aromatic rings. The SMILES string of the molecule is Cc1cccc(NC(=O)c2cnn(-c3cccc(C(F)(F)F)c3)c2C)c1. The molecule has 7 heteroatoms. The van der Waals surface area contributed by atoms with Crippen LogP contribution < -0.4 is 5.32 Å². The summed E-state index contributed by atoms with van der Waals surface area (Å²) in [6.45, 7) is 3.55. The van der Waals surface area contributed by atoms with Gasteiger partial charge in [-0.15, -0.1) is 0 Å². The van der Waals surface area contributed by atoms with Gasteiger partial charge in [-0.25, -0.2) is 4.68 Å². The van der Waals surface area contributed by atoms with Gasteiger partial charge in [0, 0.05) is 5.69 Å². The first-order chi connectivity index (χ1) is 12.3. The van der Waals surface area contributed by atoms with Gasteiger partial charge >= 0.3 is 6.18 Å². The van der Waals surface area contributed by atoms with Crippen LogP contribution in [0.25, 0.3) is 5.69 Å². The maximum absolute atomic E-state index is 12.9. The Labute approximate surface area is 148 Å². The Hall–Kier alpha value is -3.09. The van der Waals surface area contributed by atoms with E-state index in [2.05, 4.69) is 10.4 Å². The van der Waals surface area contributed by atoms with Crippen molar-refractivity contribution in [3.8, 4) is 5.69 Å². The van der Waals surface area contributed by atoms with Crippen LogP contribution in [0.15, 0.2) is 54.7 Å². The molecule has 3 rings (SSSR count). The zero-order valence-corrected chi connectivity index (χ0v) is 14.1. The largest absolute Gasteiger partial charge is 0.416 e. The van der Waals surface area contributed by atoms with Crippen molar-refractivity contribution in [2.24, 2.45) is 0 Å². The third kappa shape index (κ3) is 3.61. The third-order valence-corrected chi connectivity index (χ3v) is 3.95. The molecule has 0 spiro atoms. The van der Waals surface area contributed by atoms with Crippen LogP contribution in [0, 0.1) is 13.8 Å². The molecule has 1 amide bonds. The van der Waals surface area contributed by atoms with E-state index in [-0.39, 0.29) is 11.6 Å². The van der Waals surface area contributed by atoms with Crippen LogP contribution in [-0.2, 0) is 6.18 Å². The summed E-state index contributed by atoms with van der Waals surface area (Å²) in [5.74, 6) is -0.369. The highest BCUT2D eigenvalue weighted by Crippen LogP contribution is 2.30. The number of amides is 1. The van der Waals surface area contributed by atoms with E-state index in [9.17, 15) is 18.0 Å². The average Bonchev–Trinajstić information content (AvgIpc) is 2.96. The third-order valence-electron chi connectivity index (χ3n) is 3.95. The second-order valence-corrected chi connectivity index (χ2v) is 5.93. The molecule has 0 fully saturated rings. The summed E-state index contributed by atoms with van der Waals surface area (Å²) in [4.78, 5) is 12.5. The van der Waals surface area contributed by atoms with Gasteiger partial charge in [-0.1, -0.05) is 18.2 Å². The predicted molar refractivity (Wildman–Crippen MR) is 92.4 cm³/mol. The number of benzene rings is 2. The lowest BCUT2D eigenvalue weighted by atomic mass is 10.2. The number of aromatic nitrogens is 2. The zero-order chi connectivity index (χ0) is 18.9. The van der Waals surface area contributed by atoms with Crippen molar-refractivity contribution in [3.63, 3.8) is 0 Å². The average molecular weight is 359 g/mol. The first-order valence-corrected chi connectivity index (χ1v) is 7.86. The van der Waals surface area contributed by atoms with Gasteiger partial charge in [-0.05, 0) is 49.7 Å². The number of carbonyl (C=O) groups is 1. The van der Waals surface area contributed by atoms with Crippen molar-refractivity contribution in [2.45, 2.75) is 20.0 Å². The fourth-order valence-corrected chi connectivity index (χ4v) is 2.63. The summed E-state index contributed by atoms with van der Waals surface area (Å²) >= 11 is 0. The first-order valence-electron chi connectivity index (χ1n) is 7.86. The highest BCUT2D eigenvalue weighted by atomic mass is 19.4. The number of nitrogens with one attached hydrogen (secondary N) is 1. The summed E-state index contributed by atoms with van der Waals surface area (Å²) in [5, 5.41) is 6.85. The summed E-state index contributed by atoms with van der Waals surface area (Å²) in [6, 6.07) is 12.1. The van der Waals surface area contributed by atoms with Gasteiger partial charge in [0.25, 0.3) is 5.91 Å². The molecule has 0 radical (unpaired) electrons. The number of rotatable bonds is 3. The van der Waals surface area contributed by atoms with Gasteiger partial charge in [0.2, 0.25) is 0 Å². The van der Waals surface area contributed by atoms with Crippen molar-refractivity contribution in [1.29, 1.82) is 0 Å².